The Balaban J connectivity index is 1.47. The molecule has 0 spiro atoms. The van der Waals surface area contributed by atoms with E-state index in [4.69, 9.17) is 4.65 Å². The molecule has 4 atom stereocenters. The first-order chi connectivity index (χ1) is 19.2. The van der Waals surface area contributed by atoms with Crippen LogP contribution in [-0.4, -0.2) is 58.3 Å². The maximum atomic E-state index is 13.4. The van der Waals surface area contributed by atoms with E-state index in [1.54, 1.807) is 0 Å². The molecule has 8 heteroatoms. The number of carbonyl (C=O) groups excluding carboxylic acids is 2. The van der Waals surface area contributed by atoms with Gasteiger partial charge in [-0.25, -0.2) is 0 Å². The Kier molecular flexibility index (Phi) is 8.31. The number of carbonyl (C=O) groups is 2. The largest absolute Gasteiger partial charge is 0.507 e. The second-order valence-corrected chi connectivity index (χ2v) is 11.4. The van der Waals surface area contributed by atoms with E-state index in [-0.39, 0.29) is 30.7 Å². The minimum atomic E-state index is -1.05. The van der Waals surface area contributed by atoms with Gasteiger partial charge >= 0.3 is 7.12 Å². The zero-order valence-electron chi connectivity index (χ0n) is 23.5. The first-order valence-electron chi connectivity index (χ1n) is 14.3. The summed E-state index contributed by atoms with van der Waals surface area (Å²) in [7, 11) is -1.05. The van der Waals surface area contributed by atoms with Crippen molar-refractivity contribution in [2.45, 2.75) is 58.9 Å². The number of amides is 2. The van der Waals surface area contributed by atoms with Crippen LogP contribution in [0.2, 0.25) is 6.32 Å². The van der Waals surface area contributed by atoms with Crippen LogP contribution in [0.5, 0.6) is 5.75 Å². The van der Waals surface area contributed by atoms with Gasteiger partial charge in [-0.1, -0.05) is 43.3 Å². The van der Waals surface area contributed by atoms with Gasteiger partial charge in [0.1, 0.15) is 5.75 Å². The van der Waals surface area contributed by atoms with Crippen molar-refractivity contribution in [3.05, 3.63) is 75.9 Å². The number of aliphatic hydroxyl groups is 1. The number of nitrogens with zero attached hydrogens (tertiary/aromatic N) is 1. The summed E-state index contributed by atoms with van der Waals surface area (Å²) in [6.45, 7) is 5.90. The van der Waals surface area contributed by atoms with Crippen LogP contribution in [-0.2, 0) is 14.2 Å². The lowest BCUT2D eigenvalue weighted by Crippen LogP contribution is -2.46. The van der Waals surface area contributed by atoms with Crippen molar-refractivity contribution in [3.8, 4) is 5.75 Å². The molecule has 2 aromatic carbocycles. The van der Waals surface area contributed by atoms with E-state index in [1.807, 2.05) is 51.1 Å². The number of allylic oxidation sites excluding steroid dienone is 1. The lowest BCUT2D eigenvalue weighted by molar-refractivity contribution is -0.140. The van der Waals surface area contributed by atoms with Gasteiger partial charge in [0.2, 0.25) is 11.8 Å². The van der Waals surface area contributed by atoms with Gasteiger partial charge < -0.3 is 19.9 Å². The molecule has 0 aromatic heterocycles. The zero-order chi connectivity index (χ0) is 28.6. The Bertz CT molecular complexity index is 1330. The van der Waals surface area contributed by atoms with E-state index >= 15 is 0 Å². The molecule has 2 saturated heterocycles. The molecule has 0 bridgehead atoms. The van der Waals surface area contributed by atoms with Gasteiger partial charge in [0.25, 0.3) is 0 Å². The fourth-order valence-electron chi connectivity index (χ4n) is 6.93. The number of likely N-dealkylation sites (tertiary alicyclic amines) is 1. The van der Waals surface area contributed by atoms with Crippen LogP contribution in [0, 0.1) is 31.6 Å². The fraction of sp³-hybridized carbons (Fsp3) is 0.438. The van der Waals surface area contributed by atoms with Crippen LogP contribution in [0.15, 0.2) is 53.6 Å². The summed E-state index contributed by atoms with van der Waals surface area (Å²) in [5.74, 6) is -1.36. The Morgan fingerprint density at radius 2 is 1.80 bits per heavy atom. The topological polar surface area (TPSA) is 107 Å². The molecule has 0 radical (unpaired) electrons. The zero-order valence-corrected chi connectivity index (χ0v) is 23.5. The molecule has 40 heavy (non-hydrogen) atoms. The predicted molar refractivity (Wildman–Crippen MR) is 155 cm³/mol. The Labute approximate surface area is 236 Å². The molecule has 3 aliphatic rings. The smallest absolute Gasteiger partial charge is 0.455 e. The normalized spacial score (nSPS) is 25.0. The third-order valence-electron chi connectivity index (χ3n) is 8.71. The van der Waals surface area contributed by atoms with Gasteiger partial charge in [-0.3, -0.25) is 14.5 Å². The monoisotopic (exact) mass is 543 g/mol. The van der Waals surface area contributed by atoms with Gasteiger partial charge in [-0.15, -0.1) is 0 Å². The number of fused-ring (bicyclic) bond motifs is 3. The molecule has 2 heterocycles. The van der Waals surface area contributed by atoms with Crippen molar-refractivity contribution < 1.29 is 29.5 Å². The molecule has 2 amide bonds. The second kappa shape index (κ2) is 11.7. The first-order valence-corrected chi connectivity index (χ1v) is 14.3. The number of aromatic hydroxyl groups is 1. The van der Waals surface area contributed by atoms with Crippen molar-refractivity contribution in [2.24, 2.45) is 17.8 Å². The van der Waals surface area contributed by atoms with Crippen LogP contribution in [0.4, 0.5) is 0 Å². The molecule has 5 rings (SSSR count). The Hall–Kier alpha value is -3.20. The van der Waals surface area contributed by atoms with Crippen LogP contribution < -0.4 is 0 Å². The molecular weight excluding hydrogens is 505 g/mol. The molecule has 210 valence electrons. The van der Waals surface area contributed by atoms with Gasteiger partial charge in [0.15, 0.2) is 0 Å². The Morgan fingerprint density at radius 1 is 1.10 bits per heavy atom. The molecule has 2 fully saturated rings. The van der Waals surface area contributed by atoms with Crippen molar-refractivity contribution in [1.82, 2.24) is 4.90 Å². The summed E-state index contributed by atoms with van der Waals surface area (Å²) in [6, 6.07) is 14.0. The van der Waals surface area contributed by atoms with E-state index in [0.717, 1.165) is 39.0 Å². The predicted octanol–water partition coefficient (Wildman–Crippen LogP) is 4.53. The third kappa shape index (κ3) is 5.28. The molecule has 2 aromatic rings. The SMILES string of the molecule is CCCN1C(=O)[C@@H]2[C@@H](CC(CO)=C3[C@@H](CC/C(=C/c4cc(C)c(O)c(C)c4)c4ccccc4)OB(O)C[C@@H]32)C1=O. The molecule has 0 unspecified atom stereocenters. The molecule has 0 saturated carbocycles. The number of aryl methyl sites for hydroxylation is 2. The minimum Gasteiger partial charge on any atom is -0.507 e. The van der Waals surface area contributed by atoms with Crippen LogP contribution in [0.1, 0.15) is 54.9 Å². The molecule has 1 aliphatic carbocycles. The summed E-state index contributed by atoms with van der Waals surface area (Å²) in [5.41, 5.74) is 6.38. The lowest BCUT2D eigenvalue weighted by Gasteiger charge is -2.43. The van der Waals surface area contributed by atoms with E-state index in [2.05, 4.69) is 18.2 Å². The molecule has 7 nitrogen and oxygen atoms in total. The van der Waals surface area contributed by atoms with E-state index < -0.39 is 25.1 Å². The van der Waals surface area contributed by atoms with Crippen molar-refractivity contribution in [2.75, 3.05) is 13.2 Å². The number of benzene rings is 2. The van der Waals surface area contributed by atoms with Crippen LogP contribution in [0.25, 0.3) is 11.6 Å². The lowest BCUT2D eigenvalue weighted by atomic mass is 9.58. The molecule has 2 aliphatic heterocycles. The van der Waals surface area contributed by atoms with E-state index in [9.17, 15) is 24.8 Å². The summed E-state index contributed by atoms with van der Waals surface area (Å²) in [4.78, 5) is 27.9. The Morgan fingerprint density at radius 3 is 2.45 bits per heavy atom. The number of imide groups is 1. The molecular formula is C32H38BNO6. The van der Waals surface area contributed by atoms with Crippen molar-refractivity contribution >= 4 is 30.6 Å². The maximum absolute atomic E-state index is 13.4. The molecule has 3 N–H and O–H groups in total. The number of phenols is 1. The van der Waals surface area contributed by atoms with Gasteiger partial charge in [0.05, 0.1) is 24.5 Å². The quantitative estimate of drug-likeness (QED) is 0.196. The third-order valence-corrected chi connectivity index (χ3v) is 8.71. The highest BCUT2D eigenvalue weighted by Crippen LogP contribution is 2.50. The summed E-state index contributed by atoms with van der Waals surface area (Å²) in [5, 5.41) is 31.4. The fourth-order valence-corrected chi connectivity index (χ4v) is 6.93. The maximum Gasteiger partial charge on any atom is 0.455 e. The summed E-state index contributed by atoms with van der Waals surface area (Å²) >= 11 is 0. The van der Waals surface area contributed by atoms with Crippen LogP contribution in [0.3, 0.4) is 0 Å². The van der Waals surface area contributed by atoms with Crippen LogP contribution >= 0.6 is 0 Å². The number of aliphatic hydroxyl groups excluding tert-OH is 1. The first kappa shape index (κ1) is 28.3. The number of hydrogen-bond donors (Lipinski definition) is 3. The summed E-state index contributed by atoms with van der Waals surface area (Å²) < 4.78 is 6.08. The minimum absolute atomic E-state index is 0.159. The van der Waals surface area contributed by atoms with Gasteiger partial charge in [-0.05, 0) is 103 Å². The average Bonchev–Trinajstić information content (AvgIpc) is 3.18. The van der Waals surface area contributed by atoms with Crippen molar-refractivity contribution in [1.29, 1.82) is 0 Å². The van der Waals surface area contributed by atoms with E-state index in [1.165, 1.54) is 4.90 Å². The second-order valence-electron chi connectivity index (χ2n) is 11.4. The number of rotatable bonds is 8. The van der Waals surface area contributed by atoms with Crippen molar-refractivity contribution in [3.63, 3.8) is 0 Å². The van der Waals surface area contributed by atoms with Gasteiger partial charge in [0, 0.05) is 6.54 Å². The van der Waals surface area contributed by atoms with Gasteiger partial charge in [-0.2, -0.15) is 0 Å². The highest BCUT2D eigenvalue weighted by molar-refractivity contribution is 6.43. The number of hydrogen-bond acceptors (Lipinski definition) is 6. The highest BCUT2D eigenvalue weighted by atomic mass is 16.5. The summed E-state index contributed by atoms with van der Waals surface area (Å²) in [6.07, 6.45) is 4.09. The number of phenolic OH excluding ortho intramolecular Hbond substituents is 1. The standard InChI is InChI=1S/C32H38BNO6/c1-4-12-34-31(37)25-16-24(18-35)28-26(29(25)32(34)38)17-33(39)40-27(28)11-10-23(22-8-6-5-7-9-22)15-21-13-19(2)30(36)20(3)14-21/h5-9,13-15,25-27,29,35-36,39H,4,10-12,16-18H2,1-3H3/b23-15-/t25-,26+,27-,29-/m1/s1. The average molecular weight is 543 g/mol. The van der Waals surface area contributed by atoms with E-state index in [0.29, 0.717) is 38.0 Å². The highest BCUT2D eigenvalue weighted by Gasteiger charge is 2.56.